The van der Waals surface area contributed by atoms with E-state index in [1.54, 1.807) is 13.3 Å². The first-order chi connectivity index (χ1) is 18.1. The number of aryl methyl sites for hydroxylation is 1. The number of benzene rings is 2. The van der Waals surface area contributed by atoms with Gasteiger partial charge in [-0.25, -0.2) is 5.43 Å². The Morgan fingerprint density at radius 2 is 1.68 bits per heavy atom. The smallest absolute Gasteiger partial charge is 0.250 e. The molecule has 0 unspecified atom stereocenters. The Morgan fingerprint density at radius 3 is 2.41 bits per heavy atom. The van der Waals surface area contributed by atoms with Gasteiger partial charge in [0.25, 0.3) is 0 Å². The van der Waals surface area contributed by atoms with Crippen LogP contribution in [0.1, 0.15) is 17.0 Å². The van der Waals surface area contributed by atoms with Crippen LogP contribution in [-0.4, -0.2) is 59.1 Å². The molecule has 2 aromatic heterocycles. The van der Waals surface area contributed by atoms with Crippen molar-refractivity contribution in [2.45, 2.75) is 13.8 Å². The molecular formula is C27H30N8O2. The Kier molecular flexibility index (Phi) is 7.27. The summed E-state index contributed by atoms with van der Waals surface area (Å²) in [6.45, 7) is 6.85. The molecule has 5 rings (SSSR count). The zero-order chi connectivity index (χ0) is 25.6. The monoisotopic (exact) mass is 498 g/mol. The normalized spacial score (nSPS) is 13.6. The summed E-state index contributed by atoms with van der Waals surface area (Å²) in [5.74, 6) is 2.20. The number of morpholine rings is 1. The highest BCUT2D eigenvalue weighted by molar-refractivity contribution is 5.82. The van der Waals surface area contributed by atoms with Gasteiger partial charge >= 0.3 is 0 Å². The zero-order valence-corrected chi connectivity index (χ0v) is 21.2. The van der Waals surface area contributed by atoms with Crippen LogP contribution in [-0.2, 0) is 4.74 Å². The first-order valence-corrected chi connectivity index (χ1v) is 12.1. The molecule has 2 N–H and O–H groups in total. The molecule has 0 atom stereocenters. The van der Waals surface area contributed by atoms with Crippen LogP contribution in [0.25, 0.3) is 5.69 Å². The van der Waals surface area contributed by atoms with Crippen LogP contribution in [0.15, 0.2) is 65.8 Å². The van der Waals surface area contributed by atoms with Crippen LogP contribution in [0.4, 0.5) is 23.5 Å². The number of nitrogens with zero attached hydrogens (tertiary/aromatic N) is 6. The molecule has 2 aromatic carbocycles. The van der Waals surface area contributed by atoms with Gasteiger partial charge in [0.1, 0.15) is 5.75 Å². The lowest BCUT2D eigenvalue weighted by Crippen LogP contribution is -2.37. The van der Waals surface area contributed by atoms with Crippen molar-refractivity contribution in [3.8, 4) is 11.4 Å². The van der Waals surface area contributed by atoms with Crippen molar-refractivity contribution in [1.82, 2.24) is 19.5 Å². The van der Waals surface area contributed by atoms with Crippen LogP contribution in [0.5, 0.6) is 5.75 Å². The third-order valence-electron chi connectivity index (χ3n) is 6.12. The first kappa shape index (κ1) is 24.3. The van der Waals surface area contributed by atoms with Gasteiger partial charge in [-0.1, -0.05) is 18.2 Å². The van der Waals surface area contributed by atoms with Crippen LogP contribution in [0.2, 0.25) is 0 Å². The third kappa shape index (κ3) is 5.70. The lowest BCUT2D eigenvalue weighted by Gasteiger charge is -2.27. The molecule has 1 aliphatic heterocycles. The Hall–Kier alpha value is -4.44. The molecule has 0 spiro atoms. The second kappa shape index (κ2) is 11.1. The fourth-order valence-electron chi connectivity index (χ4n) is 4.23. The van der Waals surface area contributed by atoms with Crippen molar-refractivity contribution < 1.29 is 9.47 Å². The highest BCUT2D eigenvalue weighted by Crippen LogP contribution is 2.22. The molecule has 3 heterocycles. The van der Waals surface area contributed by atoms with Crippen molar-refractivity contribution >= 4 is 29.7 Å². The number of ether oxygens (including phenoxy) is 2. The van der Waals surface area contributed by atoms with Gasteiger partial charge in [-0.3, -0.25) is 0 Å². The fraction of sp³-hybridized carbons (Fsp3) is 0.259. The van der Waals surface area contributed by atoms with Gasteiger partial charge < -0.3 is 24.3 Å². The minimum absolute atomic E-state index is 0.357. The van der Waals surface area contributed by atoms with E-state index >= 15 is 0 Å². The number of hydrogen-bond donors (Lipinski definition) is 2. The number of hydrogen-bond acceptors (Lipinski definition) is 9. The summed E-state index contributed by atoms with van der Waals surface area (Å²) in [6, 6.07) is 19.9. The van der Waals surface area contributed by atoms with Gasteiger partial charge in [-0.05, 0) is 56.3 Å². The van der Waals surface area contributed by atoms with Gasteiger partial charge in [-0.2, -0.15) is 20.1 Å². The summed E-state index contributed by atoms with van der Waals surface area (Å²) < 4.78 is 13.0. The van der Waals surface area contributed by atoms with E-state index in [2.05, 4.69) is 60.2 Å². The number of rotatable bonds is 8. The van der Waals surface area contributed by atoms with E-state index in [1.165, 1.54) is 0 Å². The average molecular weight is 499 g/mol. The lowest BCUT2D eigenvalue weighted by atomic mass is 10.2. The fourth-order valence-corrected chi connectivity index (χ4v) is 4.23. The van der Waals surface area contributed by atoms with Crippen LogP contribution < -0.4 is 20.4 Å². The van der Waals surface area contributed by atoms with Crippen LogP contribution in [0.3, 0.4) is 0 Å². The Balaban J connectivity index is 1.37. The first-order valence-electron chi connectivity index (χ1n) is 12.1. The summed E-state index contributed by atoms with van der Waals surface area (Å²) in [4.78, 5) is 15.8. The number of methoxy groups -OCH3 is 1. The van der Waals surface area contributed by atoms with Gasteiger partial charge in [-0.15, -0.1) is 0 Å². The number of aromatic nitrogens is 4. The van der Waals surface area contributed by atoms with Gasteiger partial charge in [0, 0.05) is 41.4 Å². The van der Waals surface area contributed by atoms with Gasteiger partial charge in [0.05, 0.1) is 26.5 Å². The summed E-state index contributed by atoms with van der Waals surface area (Å²) in [5, 5.41) is 7.70. The minimum Gasteiger partial charge on any atom is -0.497 e. The predicted molar refractivity (Wildman–Crippen MR) is 146 cm³/mol. The highest BCUT2D eigenvalue weighted by Gasteiger charge is 2.17. The molecule has 4 aromatic rings. The Labute approximate surface area is 216 Å². The van der Waals surface area contributed by atoms with Crippen molar-refractivity contribution in [2.75, 3.05) is 49.1 Å². The van der Waals surface area contributed by atoms with Crippen molar-refractivity contribution in [2.24, 2.45) is 5.10 Å². The number of para-hydroxylation sites is 1. The molecule has 0 radical (unpaired) electrons. The maximum atomic E-state index is 5.48. The topological polar surface area (TPSA) is 102 Å². The standard InChI is InChI=1S/C27H30N8O2/c1-19-17-21(20(2)35(19)23-9-11-24(36-3)12-10-23)18-28-33-26-30-25(29-22-7-5-4-6-8-22)31-27(32-26)34-13-15-37-16-14-34/h4-12,17-18H,13-16H2,1-3H3,(H2,29,30,31,32,33)/b28-18+. The van der Waals surface area contributed by atoms with E-state index in [0.29, 0.717) is 31.1 Å². The average Bonchev–Trinajstić information content (AvgIpc) is 3.22. The lowest BCUT2D eigenvalue weighted by molar-refractivity contribution is 0.122. The van der Waals surface area contributed by atoms with E-state index in [-0.39, 0.29) is 0 Å². The molecule has 1 fully saturated rings. The molecule has 0 saturated carbocycles. The molecule has 0 amide bonds. The largest absolute Gasteiger partial charge is 0.497 e. The van der Waals surface area contributed by atoms with Crippen LogP contribution in [0, 0.1) is 13.8 Å². The summed E-state index contributed by atoms with van der Waals surface area (Å²) in [6.07, 6.45) is 1.78. The quantitative estimate of drug-likeness (QED) is 0.274. The second-order valence-corrected chi connectivity index (χ2v) is 8.60. The number of nitrogens with one attached hydrogen (secondary N) is 2. The van der Waals surface area contributed by atoms with Crippen molar-refractivity contribution in [3.05, 3.63) is 77.6 Å². The van der Waals surface area contributed by atoms with E-state index in [4.69, 9.17) is 9.47 Å². The van der Waals surface area contributed by atoms with E-state index < -0.39 is 0 Å². The summed E-state index contributed by atoms with van der Waals surface area (Å²) >= 11 is 0. The third-order valence-corrected chi connectivity index (χ3v) is 6.12. The molecule has 0 aliphatic carbocycles. The van der Waals surface area contributed by atoms with Gasteiger partial charge in [0.15, 0.2) is 0 Å². The Morgan fingerprint density at radius 1 is 0.946 bits per heavy atom. The second-order valence-electron chi connectivity index (χ2n) is 8.60. The van der Waals surface area contributed by atoms with Gasteiger partial charge in [0.2, 0.25) is 17.8 Å². The highest BCUT2D eigenvalue weighted by atomic mass is 16.5. The SMILES string of the molecule is COc1ccc(-n2c(C)cc(/C=N/Nc3nc(Nc4ccccc4)nc(N4CCOCC4)n3)c2C)cc1. The zero-order valence-electron chi connectivity index (χ0n) is 21.2. The number of anilines is 4. The molecule has 10 nitrogen and oxygen atoms in total. The molecule has 0 bridgehead atoms. The summed E-state index contributed by atoms with van der Waals surface area (Å²) in [5.41, 5.74) is 8.12. The van der Waals surface area contributed by atoms with Crippen molar-refractivity contribution in [1.29, 1.82) is 0 Å². The Bertz CT molecular complexity index is 1360. The minimum atomic E-state index is 0.357. The molecule has 190 valence electrons. The maximum Gasteiger partial charge on any atom is 0.250 e. The van der Waals surface area contributed by atoms with Crippen LogP contribution >= 0.6 is 0 Å². The molecule has 1 aliphatic rings. The van der Waals surface area contributed by atoms with E-state index in [1.807, 2.05) is 54.6 Å². The predicted octanol–water partition coefficient (Wildman–Crippen LogP) is 4.31. The van der Waals surface area contributed by atoms with Crippen molar-refractivity contribution in [3.63, 3.8) is 0 Å². The molecule has 37 heavy (non-hydrogen) atoms. The number of hydrazone groups is 1. The molecule has 10 heteroatoms. The summed E-state index contributed by atoms with van der Waals surface area (Å²) in [7, 11) is 1.67. The molecular weight excluding hydrogens is 468 g/mol. The van der Waals surface area contributed by atoms with E-state index in [0.717, 1.165) is 47.2 Å². The molecule has 1 saturated heterocycles. The van der Waals surface area contributed by atoms with E-state index in [9.17, 15) is 0 Å². The maximum absolute atomic E-state index is 5.48.